The van der Waals surface area contributed by atoms with Gasteiger partial charge in [-0.1, -0.05) is 23.7 Å². The lowest BCUT2D eigenvalue weighted by Crippen LogP contribution is -2.20. The second kappa shape index (κ2) is 7.72. The minimum atomic E-state index is -0.285. The molecular formula is C23H20ClN5O. The number of rotatable bonds is 4. The first-order valence-corrected chi connectivity index (χ1v) is 10.2. The Morgan fingerprint density at radius 1 is 1.13 bits per heavy atom. The van der Waals surface area contributed by atoms with Gasteiger partial charge in [0.25, 0.3) is 0 Å². The summed E-state index contributed by atoms with van der Waals surface area (Å²) in [6, 6.07) is 17.0. The van der Waals surface area contributed by atoms with E-state index in [9.17, 15) is 4.79 Å². The molecule has 3 heterocycles. The number of H-pyrrole nitrogens is 1. The lowest BCUT2D eigenvalue weighted by molar-refractivity contribution is 0.262. The number of aromatic amines is 1. The molecule has 0 aliphatic carbocycles. The highest BCUT2D eigenvalue weighted by atomic mass is 35.5. The molecule has 0 fully saturated rings. The lowest BCUT2D eigenvalue weighted by Gasteiger charge is -2.20. The van der Waals surface area contributed by atoms with Crippen molar-refractivity contribution in [2.75, 3.05) is 22.1 Å². The number of carbonyl (C=O) groups is 1. The van der Waals surface area contributed by atoms with Crippen LogP contribution in [0.5, 0.6) is 0 Å². The van der Waals surface area contributed by atoms with Crippen molar-refractivity contribution in [1.82, 2.24) is 9.97 Å². The monoisotopic (exact) mass is 417 g/mol. The van der Waals surface area contributed by atoms with Gasteiger partial charge in [-0.15, -0.1) is 0 Å². The largest absolute Gasteiger partial charge is 0.367 e. The Morgan fingerprint density at radius 2 is 2.03 bits per heavy atom. The van der Waals surface area contributed by atoms with Crippen LogP contribution in [0.1, 0.15) is 11.1 Å². The summed E-state index contributed by atoms with van der Waals surface area (Å²) < 4.78 is 0. The first kappa shape index (κ1) is 18.5. The summed E-state index contributed by atoms with van der Waals surface area (Å²) in [7, 11) is 0. The van der Waals surface area contributed by atoms with Crippen LogP contribution >= 0.6 is 11.6 Å². The van der Waals surface area contributed by atoms with E-state index < -0.39 is 0 Å². The van der Waals surface area contributed by atoms with Crippen LogP contribution in [0.25, 0.3) is 11.0 Å². The predicted molar refractivity (Wildman–Crippen MR) is 121 cm³/mol. The van der Waals surface area contributed by atoms with Gasteiger partial charge in [0.15, 0.2) is 0 Å². The molecule has 3 N–H and O–H groups in total. The Kier molecular flexibility index (Phi) is 4.77. The van der Waals surface area contributed by atoms with Gasteiger partial charge in [0.1, 0.15) is 5.65 Å². The van der Waals surface area contributed by atoms with Crippen molar-refractivity contribution in [1.29, 1.82) is 0 Å². The highest BCUT2D eigenvalue weighted by Gasteiger charge is 2.23. The topological polar surface area (TPSA) is 73.1 Å². The van der Waals surface area contributed by atoms with Crippen molar-refractivity contribution < 1.29 is 4.79 Å². The number of aromatic nitrogens is 2. The maximum absolute atomic E-state index is 12.5. The van der Waals surface area contributed by atoms with Gasteiger partial charge in [0.2, 0.25) is 0 Å². The smallest absolute Gasteiger partial charge is 0.323 e. The zero-order valence-corrected chi connectivity index (χ0v) is 16.9. The van der Waals surface area contributed by atoms with E-state index >= 15 is 0 Å². The standard InChI is InChI=1S/C23H20ClN5O/c24-16-3-1-4-17(13-16)27-23(30)28-20-5-2-6-21-19(20)9-12-29(21)14-15-7-10-25-22-18(15)8-11-26-22/h1-8,10-11,13H,9,12,14H2,(H,25,26)(H2,27,28,30). The molecule has 0 spiro atoms. The molecule has 0 saturated carbocycles. The first-order chi connectivity index (χ1) is 14.7. The van der Waals surface area contributed by atoms with E-state index in [1.165, 1.54) is 5.56 Å². The Morgan fingerprint density at radius 3 is 2.93 bits per heavy atom. The van der Waals surface area contributed by atoms with Gasteiger partial charge < -0.3 is 20.5 Å². The average molecular weight is 418 g/mol. The van der Waals surface area contributed by atoms with Crippen LogP contribution in [-0.2, 0) is 13.0 Å². The first-order valence-electron chi connectivity index (χ1n) is 9.79. The number of hydrogen-bond donors (Lipinski definition) is 3. The summed E-state index contributed by atoms with van der Waals surface area (Å²) >= 11 is 5.99. The fraction of sp³-hybridized carbons (Fsp3) is 0.130. The molecule has 2 aromatic heterocycles. The molecule has 1 aliphatic heterocycles. The van der Waals surface area contributed by atoms with Crippen molar-refractivity contribution in [2.45, 2.75) is 13.0 Å². The number of nitrogens with zero attached hydrogens (tertiary/aromatic N) is 2. The summed E-state index contributed by atoms with van der Waals surface area (Å²) in [5.41, 5.74) is 5.92. The minimum absolute atomic E-state index is 0.285. The van der Waals surface area contributed by atoms with Gasteiger partial charge in [-0.25, -0.2) is 9.78 Å². The van der Waals surface area contributed by atoms with Crippen LogP contribution in [-0.4, -0.2) is 22.5 Å². The van der Waals surface area contributed by atoms with Crippen LogP contribution in [0.3, 0.4) is 0 Å². The molecule has 6 nitrogen and oxygen atoms in total. The summed E-state index contributed by atoms with van der Waals surface area (Å²) in [6.07, 6.45) is 4.63. The maximum atomic E-state index is 12.5. The van der Waals surface area contributed by atoms with Crippen molar-refractivity contribution in [3.05, 3.63) is 83.1 Å². The zero-order chi connectivity index (χ0) is 20.5. The summed E-state index contributed by atoms with van der Waals surface area (Å²) in [4.78, 5) is 22.4. The van der Waals surface area contributed by atoms with Crippen LogP contribution < -0.4 is 15.5 Å². The normalized spacial score (nSPS) is 12.8. The molecule has 5 rings (SSSR count). The minimum Gasteiger partial charge on any atom is -0.367 e. The molecular weight excluding hydrogens is 398 g/mol. The number of carbonyl (C=O) groups excluding carboxylic acids is 1. The number of benzene rings is 2. The Hall–Kier alpha value is -3.51. The molecule has 2 amide bonds. The van der Waals surface area contributed by atoms with E-state index in [2.05, 4.69) is 43.7 Å². The summed E-state index contributed by atoms with van der Waals surface area (Å²) in [5, 5.41) is 7.54. The van der Waals surface area contributed by atoms with E-state index in [4.69, 9.17) is 11.6 Å². The van der Waals surface area contributed by atoms with Gasteiger partial charge in [-0.05, 0) is 54.4 Å². The van der Waals surface area contributed by atoms with Crippen LogP contribution in [0.2, 0.25) is 5.02 Å². The third-order valence-electron chi connectivity index (χ3n) is 5.37. The Balaban J connectivity index is 1.34. The number of anilines is 3. The number of amides is 2. The van der Waals surface area contributed by atoms with Crippen molar-refractivity contribution in [2.24, 2.45) is 0 Å². The van der Waals surface area contributed by atoms with Gasteiger partial charge in [0, 0.05) is 58.5 Å². The quantitative estimate of drug-likeness (QED) is 0.415. The van der Waals surface area contributed by atoms with Crippen molar-refractivity contribution in [3.63, 3.8) is 0 Å². The van der Waals surface area contributed by atoms with Crippen LogP contribution in [0.4, 0.5) is 21.9 Å². The highest BCUT2D eigenvalue weighted by molar-refractivity contribution is 6.30. The Labute approximate surface area is 178 Å². The number of halogens is 1. The van der Waals surface area contributed by atoms with Crippen molar-refractivity contribution >= 4 is 45.7 Å². The predicted octanol–water partition coefficient (Wildman–Crippen LogP) is 5.42. The second-order valence-corrected chi connectivity index (χ2v) is 7.71. The molecule has 0 saturated heterocycles. The molecule has 4 aromatic rings. The zero-order valence-electron chi connectivity index (χ0n) is 16.2. The second-order valence-electron chi connectivity index (χ2n) is 7.27. The van der Waals surface area contributed by atoms with E-state index in [1.54, 1.807) is 24.3 Å². The van der Waals surface area contributed by atoms with E-state index in [1.807, 2.05) is 24.5 Å². The number of nitrogens with one attached hydrogen (secondary N) is 3. The Bertz CT molecular complexity index is 1240. The number of urea groups is 1. The highest BCUT2D eigenvalue weighted by Crippen LogP contribution is 2.35. The molecule has 0 unspecified atom stereocenters. The molecule has 150 valence electrons. The molecule has 1 aliphatic rings. The fourth-order valence-corrected chi connectivity index (χ4v) is 4.18. The summed E-state index contributed by atoms with van der Waals surface area (Å²) in [5.74, 6) is 0. The van der Waals surface area contributed by atoms with E-state index in [0.717, 1.165) is 47.5 Å². The van der Waals surface area contributed by atoms with Gasteiger partial charge >= 0.3 is 6.03 Å². The fourth-order valence-electron chi connectivity index (χ4n) is 3.99. The molecule has 7 heteroatoms. The molecule has 30 heavy (non-hydrogen) atoms. The van der Waals surface area contributed by atoms with Crippen LogP contribution in [0.15, 0.2) is 67.0 Å². The average Bonchev–Trinajstić information content (AvgIpc) is 3.36. The SMILES string of the molecule is O=C(Nc1cccc(Cl)c1)Nc1cccc2c1CCN2Cc1ccnc2[nH]ccc12. The van der Waals surface area contributed by atoms with Crippen LogP contribution in [0, 0.1) is 0 Å². The molecule has 2 aromatic carbocycles. The number of fused-ring (bicyclic) bond motifs is 2. The number of pyridine rings is 1. The van der Waals surface area contributed by atoms with E-state index in [0.29, 0.717) is 10.7 Å². The molecule has 0 radical (unpaired) electrons. The lowest BCUT2D eigenvalue weighted by atomic mass is 10.1. The maximum Gasteiger partial charge on any atom is 0.323 e. The van der Waals surface area contributed by atoms with E-state index in [-0.39, 0.29) is 6.03 Å². The number of hydrogen-bond acceptors (Lipinski definition) is 3. The molecule has 0 atom stereocenters. The third kappa shape index (κ3) is 3.57. The van der Waals surface area contributed by atoms with Gasteiger partial charge in [-0.2, -0.15) is 0 Å². The molecule has 0 bridgehead atoms. The van der Waals surface area contributed by atoms with Gasteiger partial charge in [0.05, 0.1) is 0 Å². The third-order valence-corrected chi connectivity index (χ3v) is 5.60. The summed E-state index contributed by atoms with van der Waals surface area (Å²) in [6.45, 7) is 1.69. The van der Waals surface area contributed by atoms with Crippen molar-refractivity contribution in [3.8, 4) is 0 Å². The van der Waals surface area contributed by atoms with Gasteiger partial charge in [-0.3, -0.25) is 0 Å².